The molecule has 1 amide bonds. The van der Waals surface area contributed by atoms with E-state index in [0.29, 0.717) is 28.2 Å². The molecule has 0 bridgehead atoms. The van der Waals surface area contributed by atoms with Crippen molar-refractivity contribution < 1.29 is 9.53 Å². The normalized spacial score (nSPS) is 11.1. The van der Waals surface area contributed by atoms with Gasteiger partial charge in [-0.05, 0) is 83.6 Å². The highest BCUT2D eigenvalue weighted by Crippen LogP contribution is 2.22. The highest BCUT2D eigenvalue weighted by atomic mass is 127. The van der Waals surface area contributed by atoms with Gasteiger partial charge in [-0.25, -0.2) is 4.98 Å². The molecule has 4 aromatic rings. The minimum Gasteiger partial charge on any atom is -0.483 e. The van der Waals surface area contributed by atoms with E-state index in [2.05, 4.69) is 53.9 Å². The number of carbonyl (C=O) groups is 1. The lowest BCUT2D eigenvalue weighted by Gasteiger charge is -2.09. The quantitative estimate of drug-likeness (QED) is 0.245. The maximum Gasteiger partial charge on any atom is 0.282 e. The van der Waals surface area contributed by atoms with Crippen molar-refractivity contribution in [3.8, 4) is 5.75 Å². The van der Waals surface area contributed by atoms with Crippen LogP contribution in [-0.2, 0) is 4.79 Å². The van der Waals surface area contributed by atoms with Crippen LogP contribution < -0.4 is 15.6 Å². The minimum atomic E-state index is -0.243. The molecule has 0 aliphatic carbocycles. The number of anilines is 1. The average molecular weight is 617 g/mol. The molecular weight excluding hydrogens is 599 g/mol. The topological polar surface area (TPSA) is 85.6 Å². The molecule has 0 unspecified atom stereocenters. The highest BCUT2D eigenvalue weighted by molar-refractivity contribution is 14.1. The molecule has 0 fully saturated rings. The SMILES string of the molecule is Cc1nc2ccc(Br)cc2c(=O)n1N=Cc1ccc(OCC(=O)Nc2ccccc2)c(I)c1. The monoisotopic (exact) mass is 616 g/mol. The molecule has 4 rings (SSSR count). The Morgan fingerprint density at radius 1 is 1.18 bits per heavy atom. The number of carbonyl (C=O) groups excluding carboxylic acids is 1. The minimum absolute atomic E-state index is 0.106. The molecule has 0 aliphatic heterocycles. The molecule has 9 heteroatoms. The molecule has 0 aliphatic rings. The lowest BCUT2D eigenvalue weighted by Crippen LogP contribution is -2.20. The van der Waals surface area contributed by atoms with Crippen LogP contribution in [0.15, 0.2) is 81.1 Å². The number of aromatic nitrogens is 2. The molecule has 0 saturated carbocycles. The number of nitrogens with zero attached hydrogens (tertiary/aromatic N) is 3. The number of aryl methyl sites for hydroxylation is 1. The van der Waals surface area contributed by atoms with Crippen molar-refractivity contribution >= 4 is 67.2 Å². The number of hydrogen-bond acceptors (Lipinski definition) is 5. The number of hydrogen-bond donors (Lipinski definition) is 1. The van der Waals surface area contributed by atoms with Crippen molar-refractivity contribution in [2.45, 2.75) is 6.92 Å². The van der Waals surface area contributed by atoms with Gasteiger partial charge in [0.15, 0.2) is 6.61 Å². The van der Waals surface area contributed by atoms with Crippen LogP contribution in [0, 0.1) is 10.5 Å². The first kappa shape index (κ1) is 23.1. The third-order valence-electron chi connectivity index (χ3n) is 4.66. The van der Waals surface area contributed by atoms with Gasteiger partial charge in [0.1, 0.15) is 11.6 Å². The van der Waals surface area contributed by atoms with E-state index < -0.39 is 0 Å². The van der Waals surface area contributed by atoms with E-state index in [4.69, 9.17) is 4.74 Å². The maximum atomic E-state index is 12.9. The number of amides is 1. The fraction of sp³-hybridized carbons (Fsp3) is 0.0833. The second-order valence-electron chi connectivity index (χ2n) is 7.07. The van der Waals surface area contributed by atoms with Crippen LogP contribution in [0.3, 0.4) is 0 Å². The van der Waals surface area contributed by atoms with Crippen LogP contribution >= 0.6 is 38.5 Å². The van der Waals surface area contributed by atoms with Gasteiger partial charge in [-0.2, -0.15) is 9.78 Å². The molecule has 1 N–H and O–H groups in total. The number of nitrogens with one attached hydrogen (secondary N) is 1. The van der Waals surface area contributed by atoms with E-state index in [-0.39, 0.29) is 18.1 Å². The summed E-state index contributed by atoms with van der Waals surface area (Å²) in [5.74, 6) is 0.833. The van der Waals surface area contributed by atoms with Crippen molar-refractivity contribution in [3.05, 3.63) is 96.5 Å². The first-order valence-corrected chi connectivity index (χ1v) is 11.8. The van der Waals surface area contributed by atoms with Gasteiger partial charge in [0.05, 0.1) is 20.7 Å². The molecule has 166 valence electrons. The zero-order valence-corrected chi connectivity index (χ0v) is 21.2. The Hall–Kier alpha value is -3.05. The number of fused-ring (bicyclic) bond motifs is 1. The Kier molecular flexibility index (Phi) is 7.19. The van der Waals surface area contributed by atoms with Crippen LogP contribution in [0.1, 0.15) is 11.4 Å². The number of para-hydroxylation sites is 1. The van der Waals surface area contributed by atoms with Crippen LogP contribution in [-0.4, -0.2) is 28.4 Å². The molecule has 33 heavy (non-hydrogen) atoms. The van der Waals surface area contributed by atoms with Gasteiger partial charge < -0.3 is 10.1 Å². The summed E-state index contributed by atoms with van der Waals surface area (Å²) in [5, 5.41) is 7.61. The van der Waals surface area contributed by atoms with E-state index >= 15 is 0 Å². The van der Waals surface area contributed by atoms with Crippen LogP contribution in [0.5, 0.6) is 5.75 Å². The summed E-state index contributed by atoms with van der Waals surface area (Å²) in [5.41, 5.74) is 1.88. The number of halogens is 2. The van der Waals surface area contributed by atoms with Crippen molar-refractivity contribution in [2.75, 3.05) is 11.9 Å². The van der Waals surface area contributed by atoms with Gasteiger partial charge in [-0.1, -0.05) is 34.1 Å². The lowest BCUT2D eigenvalue weighted by atomic mass is 10.2. The largest absolute Gasteiger partial charge is 0.483 e. The zero-order chi connectivity index (χ0) is 23.4. The molecule has 3 aromatic carbocycles. The Bertz CT molecular complexity index is 1420. The Balaban J connectivity index is 1.47. The van der Waals surface area contributed by atoms with E-state index in [1.165, 1.54) is 4.68 Å². The number of ether oxygens (including phenoxy) is 1. The fourth-order valence-corrected chi connectivity index (χ4v) is 4.15. The predicted molar refractivity (Wildman–Crippen MR) is 141 cm³/mol. The van der Waals surface area contributed by atoms with Gasteiger partial charge >= 0.3 is 0 Å². The molecule has 1 aromatic heterocycles. The molecule has 7 nitrogen and oxygen atoms in total. The highest BCUT2D eigenvalue weighted by Gasteiger charge is 2.09. The Morgan fingerprint density at radius 3 is 2.73 bits per heavy atom. The van der Waals surface area contributed by atoms with Crippen LogP contribution in [0.4, 0.5) is 5.69 Å². The predicted octanol–water partition coefficient (Wildman–Crippen LogP) is 4.97. The zero-order valence-electron chi connectivity index (χ0n) is 17.5. The molecule has 0 atom stereocenters. The van der Waals surface area contributed by atoms with E-state index in [9.17, 15) is 9.59 Å². The van der Waals surface area contributed by atoms with Gasteiger partial charge in [0, 0.05) is 10.2 Å². The van der Waals surface area contributed by atoms with Gasteiger partial charge in [-0.15, -0.1) is 0 Å². The van der Waals surface area contributed by atoms with Crippen molar-refractivity contribution in [1.82, 2.24) is 9.66 Å². The summed E-state index contributed by atoms with van der Waals surface area (Å²) >= 11 is 5.52. The summed E-state index contributed by atoms with van der Waals surface area (Å²) in [6.45, 7) is 1.63. The average Bonchev–Trinajstić information content (AvgIpc) is 2.79. The third kappa shape index (κ3) is 5.66. The Labute approximate surface area is 211 Å². The third-order valence-corrected chi connectivity index (χ3v) is 6.00. The van der Waals surface area contributed by atoms with Crippen LogP contribution in [0.2, 0.25) is 0 Å². The van der Waals surface area contributed by atoms with E-state index in [1.807, 2.05) is 48.5 Å². The van der Waals surface area contributed by atoms with E-state index in [0.717, 1.165) is 13.6 Å². The van der Waals surface area contributed by atoms with Crippen molar-refractivity contribution in [2.24, 2.45) is 5.10 Å². The van der Waals surface area contributed by atoms with Crippen molar-refractivity contribution in [3.63, 3.8) is 0 Å². The molecule has 0 radical (unpaired) electrons. The van der Waals surface area contributed by atoms with Gasteiger partial charge in [0.2, 0.25) is 0 Å². The summed E-state index contributed by atoms with van der Waals surface area (Å²) < 4.78 is 8.55. The first-order chi connectivity index (χ1) is 15.9. The van der Waals surface area contributed by atoms with Crippen LogP contribution in [0.25, 0.3) is 10.9 Å². The molecule has 0 saturated heterocycles. The van der Waals surface area contributed by atoms with E-state index in [1.54, 1.807) is 31.3 Å². The van der Waals surface area contributed by atoms with Crippen molar-refractivity contribution in [1.29, 1.82) is 0 Å². The summed E-state index contributed by atoms with van der Waals surface area (Å²) in [6.07, 6.45) is 1.59. The second-order valence-corrected chi connectivity index (χ2v) is 9.15. The standard InChI is InChI=1S/C24H18BrIN4O3/c1-15-28-21-9-8-17(25)12-19(21)24(32)30(15)27-13-16-7-10-22(20(26)11-16)33-14-23(31)29-18-5-3-2-4-6-18/h2-13H,14H2,1H3,(H,29,31). The lowest BCUT2D eigenvalue weighted by molar-refractivity contribution is -0.118. The summed E-state index contributed by atoms with van der Waals surface area (Å²) in [4.78, 5) is 29.4. The van der Waals surface area contributed by atoms with Gasteiger partial charge in [0.25, 0.3) is 11.5 Å². The first-order valence-electron chi connectivity index (χ1n) is 9.91. The summed E-state index contributed by atoms with van der Waals surface area (Å²) in [6, 6.07) is 20.0. The molecule has 0 spiro atoms. The number of benzene rings is 3. The maximum absolute atomic E-state index is 12.9. The fourth-order valence-electron chi connectivity index (χ4n) is 3.10. The number of rotatable bonds is 6. The summed E-state index contributed by atoms with van der Waals surface area (Å²) in [7, 11) is 0. The van der Waals surface area contributed by atoms with Gasteiger partial charge in [-0.3, -0.25) is 9.59 Å². The smallest absolute Gasteiger partial charge is 0.282 e. The molecule has 1 heterocycles. The second kappa shape index (κ2) is 10.3. The Morgan fingerprint density at radius 2 is 1.97 bits per heavy atom. The molecular formula is C24H18BrIN4O3.